The van der Waals surface area contributed by atoms with Crippen LogP contribution in [-0.4, -0.2) is 56.1 Å². The summed E-state index contributed by atoms with van der Waals surface area (Å²) in [7, 11) is 0. The van der Waals surface area contributed by atoms with Gasteiger partial charge < -0.3 is 9.80 Å². The molecule has 0 unspecified atom stereocenters. The van der Waals surface area contributed by atoms with Gasteiger partial charge in [-0.15, -0.1) is 10.2 Å². The fourth-order valence-electron chi connectivity index (χ4n) is 5.47. The number of fused-ring (bicyclic) bond motifs is 3. The van der Waals surface area contributed by atoms with E-state index in [0.717, 1.165) is 36.6 Å². The number of anilines is 1. The Hall–Kier alpha value is -3.55. The minimum Gasteiger partial charge on any atom is -0.338 e. The smallest absolute Gasteiger partial charge is 0.226 e. The normalized spacial score (nSPS) is 19.4. The van der Waals surface area contributed by atoms with Gasteiger partial charge in [-0.05, 0) is 44.0 Å². The Balaban J connectivity index is 1.43. The van der Waals surface area contributed by atoms with Crippen LogP contribution in [0.25, 0.3) is 27.9 Å². The van der Waals surface area contributed by atoms with Crippen LogP contribution < -0.4 is 4.90 Å². The van der Waals surface area contributed by atoms with Crippen LogP contribution in [-0.2, 0) is 4.79 Å². The molecule has 2 aromatic carbocycles. The van der Waals surface area contributed by atoms with Crippen LogP contribution in [0.5, 0.6) is 0 Å². The quantitative estimate of drug-likeness (QED) is 0.458. The summed E-state index contributed by atoms with van der Waals surface area (Å²) in [5.74, 6) is 1.22. The number of halogens is 1. The molecule has 1 atom stereocenters. The van der Waals surface area contributed by atoms with Gasteiger partial charge in [-0.1, -0.05) is 37.1 Å². The first-order valence-corrected chi connectivity index (χ1v) is 12.1. The van der Waals surface area contributed by atoms with Crippen molar-refractivity contribution in [2.24, 2.45) is 5.92 Å². The van der Waals surface area contributed by atoms with Crippen molar-refractivity contribution in [3.8, 4) is 11.4 Å². The molecule has 174 valence electrons. The van der Waals surface area contributed by atoms with Gasteiger partial charge in [0.1, 0.15) is 5.82 Å². The van der Waals surface area contributed by atoms with Crippen LogP contribution >= 0.6 is 0 Å². The number of amides is 1. The SMILES string of the molecule is C[C@@H]1CN(c2nc3ccccc3c3nnc(-c4ccccc4F)n23)CCN1C(=O)C1CCCC1. The third kappa shape index (κ3) is 3.40. The van der Waals surface area contributed by atoms with Crippen LogP contribution in [0.3, 0.4) is 0 Å². The highest BCUT2D eigenvalue weighted by Gasteiger charge is 2.34. The molecule has 7 nitrogen and oxygen atoms in total. The second-order valence-corrected chi connectivity index (χ2v) is 9.40. The molecule has 8 heteroatoms. The highest BCUT2D eigenvalue weighted by molar-refractivity contribution is 5.93. The highest BCUT2D eigenvalue weighted by atomic mass is 19.1. The number of rotatable bonds is 3. The molecule has 2 aliphatic rings. The molecule has 0 N–H and O–H groups in total. The number of hydrogen-bond acceptors (Lipinski definition) is 5. The summed E-state index contributed by atoms with van der Waals surface area (Å²) in [4.78, 5) is 22.3. The number of carbonyl (C=O) groups excluding carboxylic acids is 1. The number of benzene rings is 2. The van der Waals surface area contributed by atoms with Crippen LogP contribution in [0.2, 0.25) is 0 Å². The zero-order valence-electron chi connectivity index (χ0n) is 19.2. The third-order valence-corrected chi connectivity index (χ3v) is 7.24. The minimum atomic E-state index is -0.351. The van der Waals surface area contributed by atoms with Gasteiger partial charge in [0.25, 0.3) is 0 Å². The molecule has 4 aromatic rings. The summed E-state index contributed by atoms with van der Waals surface area (Å²) in [5, 5.41) is 9.70. The molecule has 3 heterocycles. The molecule has 2 fully saturated rings. The van der Waals surface area contributed by atoms with E-state index >= 15 is 0 Å². The predicted molar refractivity (Wildman–Crippen MR) is 129 cm³/mol. The average Bonchev–Trinajstić information content (AvgIpc) is 3.54. The predicted octanol–water partition coefficient (Wildman–Crippen LogP) is 4.31. The molecule has 0 bridgehead atoms. The first kappa shape index (κ1) is 21.0. The van der Waals surface area contributed by atoms with Gasteiger partial charge in [0, 0.05) is 37.0 Å². The van der Waals surface area contributed by atoms with E-state index in [1.54, 1.807) is 18.2 Å². The molecule has 0 radical (unpaired) electrons. The van der Waals surface area contributed by atoms with Gasteiger partial charge in [0.05, 0.1) is 11.1 Å². The Morgan fingerprint density at radius 3 is 2.56 bits per heavy atom. The van der Waals surface area contributed by atoms with E-state index < -0.39 is 0 Å². The van der Waals surface area contributed by atoms with Crippen LogP contribution in [0.4, 0.5) is 10.3 Å². The maximum atomic E-state index is 14.8. The van der Waals surface area contributed by atoms with Crippen molar-refractivity contribution < 1.29 is 9.18 Å². The molecule has 1 aliphatic carbocycles. The molecule has 1 amide bonds. The van der Waals surface area contributed by atoms with Gasteiger partial charge in [0.15, 0.2) is 11.5 Å². The van der Waals surface area contributed by atoms with E-state index in [-0.39, 0.29) is 23.7 Å². The fourth-order valence-corrected chi connectivity index (χ4v) is 5.47. The number of para-hydroxylation sites is 1. The molecular weight excluding hydrogens is 431 g/mol. The number of carbonyl (C=O) groups is 1. The lowest BCUT2D eigenvalue weighted by Crippen LogP contribution is -2.55. The van der Waals surface area contributed by atoms with E-state index in [1.165, 1.54) is 6.07 Å². The van der Waals surface area contributed by atoms with E-state index in [1.807, 2.05) is 33.6 Å². The van der Waals surface area contributed by atoms with Crippen LogP contribution in [0, 0.1) is 11.7 Å². The van der Waals surface area contributed by atoms with Gasteiger partial charge in [-0.2, -0.15) is 0 Å². The maximum Gasteiger partial charge on any atom is 0.226 e. The molecule has 34 heavy (non-hydrogen) atoms. The lowest BCUT2D eigenvalue weighted by atomic mass is 10.0. The Labute approximate surface area is 197 Å². The second-order valence-electron chi connectivity index (χ2n) is 9.40. The van der Waals surface area contributed by atoms with Crippen molar-refractivity contribution in [1.29, 1.82) is 0 Å². The summed E-state index contributed by atoms with van der Waals surface area (Å²) in [5.41, 5.74) is 1.85. The average molecular weight is 459 g/mol. The van der Waals surface area contributed by atoms with Crippen molar-refractivity contribution in [1.82, 2.24) is 24.5 Å². The van der Waals surface area contributed by atoms with Crippen molar-refractivity contribution in [3.63, 3.8) is 0 Å². The summed E-state index contributed by atoms with van der Waals surface area (Å²) in [6, 6.07) is 14.5. The zero-order valence-corrected chi connectivity index (χ0v) is 19.2. The topological polar surface area (TPSA) is 66.6 Å². The van der Waals surface area contributed by atoms with E-state index in [2.05, 4.69) is 22.0 Å². The van der Waals surface area contributed by atoms with Crippen molar-refractivity contribution >= 4 is 28.4 Å². The summed E-state index contributed by atoms with van der Waals surface area (Å²) >= 11 is 0. The molecule has 2 aromatic heterocycles. The summed E-state index contributed by atoms with van der Waals surface area (Å²) in [6.45, 7) is 4.04. The molecule has 1 aliphatic heterocycles. The van der Waals surface area contributed by atoms with Gasteiger partial charge in [-0.25, -0.2) is 13.8 Å². The number of nitrogens with zero attached hydrogens (tertiary/aromatic N) is 6. The first-order chi connectivity index (χ1) is 16.6. The van der Waals surface area contributed by atoms with E-state index in [0.29, 0.717) is 42.6 Å². The highest BCUT2D eigenvalue weighted by Crippen LogP contribution is 2.32. The van der Waals surface area contributed by atoms with E-state index in [4.69, 9.17) is 4.98 Å². The molecule has 1 saturated heterocycles. The Morgan fingerprint density at radius 2 is 1.76 bits per heavy atom. The lowest BCUT2D eigenvalue weighted by Gasteiger charge is -2.41. The summed E-state index contributed by atoms with van der Waals surface area (Å²) in [6.07, 6.45) is 4.31. The Kier molecular flexibility index (Phi) is 5.16. The van der Waals surface area contributed by atoms with Crippen molar-refractivity contribution in [2.75, 3.05) is 24.5 Å². The Bertz CT molecular complexity index is 1380. The maximum absolute atomic E-state index is 14.8. The van der Waals surface area contributed by atoms with E-state index in [9.17, 15) is 9.18 Å². The van der Waals surface area contributed by atoms with Crippen molar-refractivity contribution in [3.05, 3.63) is 54.3 Å². The zero-order chi connectivity index (χ0) is 23.2. The minimum absolute atomic E-state index is 0.0542. The lowest BCUT2D eigenvalue weighted by molar-refractivity contribution is -0.137. The van der Waals surface area contributed by atoms with Crippen LogP contribution in [0.1, 0.15) is 32.6 Å². The summed E-state index contributed by atoms with van der Waals surface area (Å²) < 4.78 is 16.6. The molecular formula is C26H27FN6O. The second kappa shape index (κ2) is 8.34. The number of piperazine rings is 1. The monoisotopic (exact) mass is 458 g/mol. The van der Waals surface area contributed by atoms with Gasteiger partial charge >= 0.3 is 0 Å². The molecule has 6 rings (SSSR count). The standard InChI is InChI=1S/C26H27FN6O/c1-17-16-31(14-15-32(17)25(34)18-8-2-3-9-18)26-28-22-13-7-5-11-20(22)24-30-29-23(33(24)26)19-10-4-6-12-21(19)27/h4-7,10-13,17-18H,2-3,8-9,14-16H2,1H3/t17-/m1/s1. The largest absolute Gasteiger partial charge is 0.338 e. The van der Waals surface area contributed by atoms with Gasteiger partial charge in [0.2, 0.25) is 11.9 Å². The van der Waals surface area contributed by atoms with Crippen LogP contribution in [0.15, 0.2) is 48.5 Å². The third-order valence-electron chi connectivity index (χ3n) is 7.24. The molecule has 0 spiro atoms. The molecule has 1 saturated carbocycles. The van der Waals surface area contributed by atoms with Gasteiger partial charge in [-0.3, -0.25) is 4.79 Å². The Morgan fingerprint density at radius 1 is 1.00 bits per heavy atom. The first-order valence-electron chi connectivity index (χ1n) is 12.1. The number of hydrogen-bond donors (Lipinski definition) is 0. The number of aromatic nitrogens is 4. The van der Waals surface area contributed by atoms with Crippen molar-refractivity contribution in [2.45, 2.75) is 38.6 Å². The fraction of sp³-hybridized carbons (Fsp3) is 0.385.